The lowest BCUT2D eigenvalue weighted by atomic mass is 9.98. The molecule has 0 aromatic heterocycles. The third-order valence-electron chi connectivity index (χ3n) is 3.54. The van der Waals surface area contributed by atoms with Gasteiger partial charge in [0.05, 0.1) is 5.56 Å². The predicted molar refractivity (Wildman–Crippen MR) is 90.1 cm³/mol. The maximum absolute atomic E-state index is 13.4. The van der Waals surface area contributed by atoms with Crippen molar-refractivity contribution in [3.05, 3.63) is 29.3 Å². The molecule has 0 heterocycles. The van der Waals surface area contributed by atoms with Gasteiger partial charge in [-0.2, -0.15) is 13.2 Å². The normalized spacial score (nSPS) is 14.2. The molecule has 3 nitrogen and oxygen atoms in total. The van der Waals surface area contributed by atoms with Crippen molar-refractivity contribution in [2.24, 2.45) is 0 Å². The van der Waals surface area contributed by atoms with E-state index in [9.17, 15) is 18.0 Å². The van der Waals surface area contributed by atoms with Gasteiger partial charge in [0.25, 0.3) is 0 Å². The van der Waals surface area contributed by atoms with Gasteiger partial charge in [0.2, 0.25) is 0 Å². The van der Waals surface area contributed by atoms with Crippen LogP contribution >= 0.6 is 23.2 Å². The molecule has 1 aromatic carbocycles. The molecule has 0 aliphatic carbocycles. The Hall–Kier alpha value is -1.14. The van der Waals surface area contributed by atoms with E-state index in [0.717, 1.165) is 6.42 Å². The van der Waals surface area contributed by atoms with Gasteiger partial charge < -0.3 is 10.4 Å². The van der Waals surface area contributed by atoms with Crippen molar-refractivity contribution in [2.75, 3.05) is 11.9 Å². The van der Waals surface area contributed by atoms with Crippen LogP contribution < -0.4 is 5.32 Å². The van der Waals surface area contributed by atoms with Gasteiger partial charge in [-0.25, -0.2) is 0 Å². The molecule has 0 saturated heterocycles. The summed E-state index contributed by atoms with van der Waals surface area (Å²) < 4.78 is 40.2. The fraction of sp³-hybridized carbons (Fsp3) is 0.562. The first-order valence-corrected chi connectivity index (χ1v) is 8.45. The minimum Gasteiger partial charge on any atom is -0.480 e. The lowest BCUT2D eigenvalue weighted by Crippen LogP contribution is -2.19. The average Bonchev–Trinajstić information content (AvgIpc) is 2.49. The number of hydrogen-bond donors (Lipinski definition) is 2. The molecule has 8 heteroatoms. The van der Waals surface area contributed by atoms with Crippen LogP contribution in [0.4, 0.5) is 18.9 Å². The maximum Gasteiger partial charge on any atom is 0.418 e. The number of aliphatic carboxylic acids is 1. The van der Waals surface area contributed by atoms with Crippen LogP contribution in [0.25, 0.3) is 0 Å². The smallest absolute Gasteiger partial charge is 0.418 e. The van der Waals surface area contributed by atoms with Crippen LogP contribution in [0.3, 0.4) is 0 Å². The molecule has 0 spiro atoms. The Labute approximate surface area is 149 Å². The first kappa shape index (κ1) is 20.9. The summed E-state index contributed by atoms with van der Waals surface area (Å²) in [5, 5.41) is 10.4. The molecule has 0 bridgehead atoms. The summed E-state index contributed by atoms with van der Waals surface area (Å²) in [6, 6.07) is 4.03. The van der Waals surface area contributed by atoms with Crippen molar-refractivity contribution in [3.63, 3.8) is 0 Å². The zero-order valence-electron chi connectivity index (χ0n) is 13.2. The van der Waals surface area contributed by atoms with Crippen LogP contribution in [-0.4, -0.2) is 28.4 Å². The number of halogens is 5. The number of hydrogen-bond acceptors (Lipinski definition) is 2. The van der Waals surface area contributed by atoms with Crippen molar-refractivity contribution in [3.8, 4) is 0 Å². The third-order valence-corrected chi connectivity index (χ3v) is 4.44. The molecular weight excluding hydrogens is 366 g/mol. The summed E-state index contributed by atoms with van der Waals surface area (Å²) in [6.45, 7) is 1.33. The lowest BCUT2D eigenvalue weighted by Gasteiger charge is -2.20. The van der Waals surface area contributed by atoms with E-state index in [1.54, 1.807) is 0 Å². The van der Waals surface area contributed by atoms with Crippen LogP contribution in [0.2, 0.25) is 0 Å². The number of benzene rings is 1. The first-order chi connectivity index (χ1) is 11.1. The van der Waals surface area contributed by atoms with E-state index in [4.69, 9.17) is 28.3 Å². The van der Waals surface area contributed by atoms with Crippen molar-refractivity contribution in [1.82, 2.24) is 0 Å². The van der Waals surface area contributed by atoms with Gasteiger partial charge in [0.1, 0.15) is 6.54 Å². The molecular formula is C16H20Cl2F3NO2. The highest BCUT2D eigenvalue weighted by atomic mass is 35.5. The van der Waals surface area contributed by atoms with Gasteiger partial charge in [0, 0.05) is 16.4 Å². The molecule has 2 atom stereocenters. The zero-order chi connectivity index (χ0) is 18.3. The van der Waals surface area contributed by atoms with Crippen molar-refractivity contribution in [1.29, 1.82) is 0 Å². The Morgan fingerprint density at radius 1 is 1.25 bits per heavy atom. The zero-order valence-corrected chi connectivity index (χ0v) is 14.7. The van der Waals surface area contributed by atoms with Gasteiger partial charge in [-0.05, 0) is 37.3 Å². The maximum atomic E-state index is 13.4. The predicted octanol–water partition coefficient (Wildman–Crippen LogP) is 5.15. The number of carboxylic acids is 1. The van der Waals surface area contributed by atoms with Crippen molar-refractivity contribution >= 4 is 34.9 Å². The molecule has 24 heavy (non-hydrogen) atoms. The van der Waals surface area contributed by atoms with Crippen LogP contribution in [0.15, 0.2) is 18.2 Å². The molecule has 1 rings (SSSR count). The van der Waals surface area contributed by atoms with E-state index in [1.165, 1.54) is 18.2 Å². The molecule has 2 N–H and O–H groups in total. The average molecular weight is 386 g/mol. The summed E-state index contributed by atoms with van der Waals surface area (Å²) in [6.07, 6.45) is -2.66. The van der Waals surface area contributed by atoms with E-state index in [2.05, 4.69) is 5.32 Å². The number of carboxylic acid groups (broad SMARTS) is 1. The lowest BCUT2D eigenvalue weighted by molar-refractivity contribution is -0.138. The quantitative estimate of drug-likeness (QED) is 0.577. The van der Waals surface area contributed by atoms with E-state index in [1.807, 2.05) is 6.92 Å². The minimum atomic E-state index is -4.60. The molecule has 0 fully saturated rings. The van der Waals surface area contributed by atoms with E-state index in [0.29, 0.717) is 12.8 Å². The molecule has 0 amide bonds. The highest BCUT2D eigenvalue weighted by Gasteiger charge is 2.36. The molecule has 0 aliphatic heterocycles. The summed E-state index contributed by atoms with van der Waals surface area (Å²) in [5.74, 6) is -1.24. The Morgan fingerprint density at radius 3 is 2.42 bits per heavy atom. The van der Waals surface area contributed by atoms with Crippen LogP contribution in [0.5, 0.6) is 0 Å². The summed E-state index contributed by atoms with van der Waals surface area (Å²) in [7, 11) is 0. The van der Waals surface area contributed by atoms with E-state index in [-0.39, 0.29) is 23.0 Å². The minimum absolute atomic E-state index is 0.0340. The molecule has 136 valence electrons. The molecule has 0 radical (unpaired) electrons. The standard InChI is InChI=1S/C16H20Cl2F3NO2/c1-2-11(17)6-7-12(18)8-10-4-3-5-13(22-9-14(23)24)15(10)16(19,20)21/h3-5,11-12,22H,2,6-9H2,1H3,(H,23,24). The summed E-state index contributed by atoms with van der Waals surface area (Å²) in [5.41, 5.74) is -1.08. The largest absolute Gasteiger partial charge is 0.480 e. The highest BCUT2D eigenvalue weighted by molar-refractivity contribution is 6.21. The number of alkyl halides is 5. The van der Waals surface area contributed by atoms with Crippen LogP contribution in [0, 0.1) is 0 Å². The Balaban J connectivity index is 2.96. The topological polar surface area (TPSA) is 49.3 Å². The van der Waals surface area contributed by atoms with Gasteiger partial charge in [-0.15, -0.1) is 23.2 Å². The van der Waals surface area contributed by atoms with Crippen LogP contribution in [-0.2, 0) is 17.4 Å². The second-order valence-corrected chi connectivity index (χ2v) is 6.70. The van der Waals surface area contributed by atoms with E-state index < -0.39 is 29.6 Å². The number of carbonyl (C=O) groups is 1. The Kier molecular flexibility index (Phi) is 8.16. The van der Waals surface area contributed by atoms with Crippen molar-refractivity contribution < 1.29 is 23.1 Å². The fourth-order valence-corrected chi connectivity index (χ4v) is 2.75. The fourth-order valence-electron chi connectivity index (χ4n) is 2.33. The molecule has 0 aliphatic rings. The third kappa shape index (κ3) is 6.77. The van der Waals surface area contributed by atoms with Crippen molar-refractivity contribution in [2.45, 2.75) is 49.5 Å². The molecule has 1 aromatic rings. The molecule has 0 saturated carbocycles. The monoisotopic (exact) mass is 385 g/mol. The second-order valence-electron chi connectivity index (χ2n) is 5.47. The number of nitrogens with one attached hydrogen (secondary N) is 1. The molecule has 2 unspecified atom stereocenters. The van der Waals surface area contributed by atoms with Gasteiger partial charge >= 0.3 is 12.1 Å². The Bertz CT molecular complexity index is 553. The Morgan fingerprint density at radius 2 is 1.88 bits per heavy atom. The number of rotatable bonds is 9. The summed E-state index contributed by atoms with van der Waals surface area (Å²) in [4.78, 5) is 10.6. The summed E-state index contributed by atoms with van der Waals surface area (Å²) >= 11 is 12.2. The van der Waals surface area contributed by atoms with Gasteiger partial charge in [-0.1, -0.05) is 19.1 Å². The highest BCUT2D eigenvalue weighted by Crippen LogP contribution is 2.38. The van der Waals surface area contributed by atoms with Crippen LogP contribution in [0.1, 0.15) is 37.3 Å². The number of anilines is 1. The first-order valence-electron chi connectivity index (χ1n) is 7.58. The van der Waals surface area contributed by atoms with Gasteiger partial charge in [0.15, 0.2) is 0 Å². The van der Waals surface area contributed by atoms with Gasteiger partial charge in [-0.3, -0.25) is 4.79 Å². The SMILES string of the molecule is CCC(Cl)CCC(Cl)Cc1cccc(NCC(=O)O)c1C(F)(F)F. The second kappa shape index (κ2) is 9.37. The van der Waals surface area contributed by atoms with E-state index >= 15 is 0 Å².